The third-order valence-corrected chi connectivity index (χ3v) is 3.98. The lowest BCUT2D eigenvalue weighted by atomic mass is 10.1. The summed E-state index contributed by atoms with van der Waals surface area (Å²) < 4.78 is 1.73. The molecule has 1 aromatic heterocycles. The van der Waals surface area contributed by atoms with Gasteiger partial charge < -0.3 is 10.4 Å². The second-order valence-electron chi connectivity index (χ2n) is 5.62. The summed E-state index contributed by atoms with van der Waals surface area (Å²) in [7, 11) is 1.82. The van der Waals surface area contributed by atoms with E-state index >= 15 is 0 Å². The topological polar surface area (TPSA) is 110 Å². The summed E-state index contributed by atoms with van der Waals surface area (Å²) in [4.78, 5) is 22.2. The third-order valence-electron chi connectivity index (χ3n) is 3.98. The zero-order valence-corrected chi connectivity index (χ0v) is 13.8. The van der Waals surface area contributed by atoms with Gasteiger partial charge in [0, 0.05) is 37.0 Å². The molecule has 0 saturated heterocycles. The van der Waals surface area contributed by atoms with Crippen molar-refractivity contribution in [3.05, 3.63) is 56.9 Å². The van der Waals surface area contributed by atoms with E-state index in [-0.39, 0.29) is 24.6 Å². The zero-order chi connectivity index (χ0) is 17.9. The number of nitro groups is 1. The molecule has 0 radical (unpaired) electrons. The van der Waals surface area contributed by atoms with Crippen molar-refractivity contribution in [2.75, 3.05) is 6.54 Å². The predicted molar refractivity (Wildman–Crippen MR) is 87.5 cm³/mol. The number of nitrogens with one attached hydrogen (secondary N) is 1. The zero-order valence-electron chi connectivity index (χ0n) is 13.8. The maximum Gasteiger partial charge on any atom is 0.269 e. The monoisotopic (exact) mass is 332 g/mol. The molecule has 2 rings (SSSR count). The van der Waals surface area contributed by atoms with Gasteiger partial charge in [0.1, 0.15) is 0 Å². The molecular formula is C16H20N4O4. The summed E-state index contributed by atoms with van der Waals surface area (Å²) in [6.07, 6.45) is -0.732. The van der Waals surface area contributed by atoms with E-state index in [2.05, 4.69) is 10.4 Å². The van der Waals surface area contributed by atoms with Gasteiger partial charge >= 0.3 is 0 Å². The Labute approximate surface area is 139 Å². The van der Waals surface area contributed by atoms with Crippen LogP contribution in [0.15, 0.2) is 24.3 Å². The van der Waals surface area contributed by atoms with Crippen LogP contribution in [-0.2, 0) is 18.3 Å². The van der Waals surface area contributed by atoms with Crippen LogP contribution in [0.5, 0.6) is 0 Å². The summed E-state index contributed by atoms with van der Waals surface area (Å²) in [5.41, 5.74) is 3.08. The predicted octanol–water partition coefficient (Wildman–Crippen LogP) is 1.34. The molecule has 1 amide bonds. The van der Waals surface area contributed by atoms with Gasteiger partial charge in [-0.3, -0.25) is 19.6 Å². The molecule has 24 heavy (non-hydrogen) atoms. The molecule has 0 aliphatic carbocycles. The highest BCUT2D eigenvalue weighted by Crippen LogP contribution is 2.17. The number of carbonyl (C=O) groups excluding carboxylic acids is 1. The number of aromatic nitrogens is 2. The minimum Gasteiger partial charge on any atom is -0.387 e. The van der Waals surface area contributed by atoms with Crippen molar-refractivity contribution in [3.63, 3.8) is 0 Å². The summed E-state index contributed by atoms with van der Waals surface area (Å²) in [6, 6.07) is 5.60. The van der Waals surface area contributed by atoms with E-state index in [4.69, 9.17) is 0 Å². The molecule has 0 aliphatic heterocycles. The van der Waals surface area contributed by atoms with Crippen LogP contribution in [0.25, 0.3) is 0 Å². The molecule has 2 aromatic rings. The summed E-state index contributed by atoms with van der Waals surface area (Å²) in [6.45, 7) is 3.78. The fourth-order valence-corrected chi connectivity index (χ4v) is 2.44. The SMILES string of the molecule is Cc1nn(C)c(C)c1CC(=O)NC[C@@H](O)c1ccc([N+](=O)[O-])cc1. The molecule has 8 heteroatoms. The number of rotatable bonds is 6. The van der Waals surface area contributed by atoms with E-state index in [1.807, 2.05) is 20.9 Å². The van der Waals surface area contributed by atoms with Gasteiger partial charge in [-0.15, -0.1) is 0 Å². The summed E-state index contributed by atoms with van der Waals surface area (Å²) >= 11 is 0. The van der Waals surface area contributed by atoms with Crippen molar-refractivity contribution >= 4 is 11.6 Å². The standard InChI is InChI=1S/C16H20N4O4/c1-10-14(11(2)19(3)18-10)8-16(22)17-9-15(21)12-4-6-13(7-5-12)20(23)24/h4-7,15,21H,8-9H2,1-3H3,(H,17,22)/t15-/m1/s1. The number of nitro benzene ring substituents is 1. The van der Waals surface area contributed by atoms with Crippen molar-refractivity contribution in [2.45, 2.75) is 26.4 Å². The highest BCUT2D eigenvalue weighted by Gasteiger charge is 2.15. The van der Waals surface area contributed by atoms with Crippen LogP contribution in [-0.4, -0.2) is 32.3 Å². The Morgan fingerprint density at radius 3 is 2.50 bits per heavy atom. The average Bonchev–Trinajstić information content (AvgIpc) is 2.79. The Bertz CT molecular complexity index is 752. The van der Waals surface area contributed by atoms with Gasteiger partial charge in [0.25, 0.3) is 5.69 Å². The van der Waals surface area contributed by atoms with Crippen molar-refractivity contribution in [1.29, 1.82) is 0 Å². The molecule has 2 N–H and O–H groups in total. The summed E-state index contributed by atoms with van der Waals surface area (Å²) in [5, 5.41) is 27.6. The van der Waals surface area contributed by atoms with Crippen molar-refractivity contribution < 1.29 is 14.8 Å². The first-order valence-corrected chi connectivity index (χ1v) is 7.47. The number of hydrogen-bond acceptors (Lipinski definition) is 5. The van der Waals surface area contributed by atoms with E-state index in [1.165, 1.54) is 24.3 Å². The van der Waals surface area contributed by atoms with Crippen LogP contribution in [0.4, 0.5) is 5.69 Å². The Balaban J connectivity index is 1.92. The summed E-state index contributed by atoms with van der Waals surface area (Å²) in [5.74, 6) is -0.213. The number of aliphatic hydroxyl groups is 1. The van der Waals surface area contributed by atoms with Gasteiger partial charge in [0.15, 0.2) is 0 Å². The molecular weight excluding hydrogens is 312 g/mol. The van der Waals surface area contributed by atoms with Crippen LogP contribution in [0.1, 0.15) is 28.6 Å². The highest BCUT2D eigenvalue weighted by molar-refractivity contribution is 5.79. The molecule has 1 heterocycles. The van der Waals surface area contributed by atoms with Crippen molar-refractivity contribution in [3.8, 4) is 0 Å². The average molecular weight is 332 g/mol. The maximum absolute atomic E-state index is 12.1. The molecule has 0 unspecified atom stereocenters. The maximum atomic E-state index is 12.1. The second kappa shape index (κ2) is 7.22. The number of nitrogens with zero attached hydrogens (tertiary/aromatic N) is 3. The first-order valence-electron chi connectivity index (χ1n) is 7.47. The van der Waals surface area contributed by atoms with E-state index in [0.29, 0.717) is 5.56 Å². The van der Waals surface area contributed by atoms with Gasteiger partial charge in [-0.2, -0.15) is 5.10 Å². The molecule has 1 aromatic carbocycles. The Morgan fingerprint density at radius 2 is 2.00 bits per heavy atom. The smallest absolute Gasteiger partial charge is 0.269 e. The number of carbonyl (C=O) groups is 1. The minimum atomic E-state index is -0.925. The van der Waals surface area contributed by atoms with Gasteiger partial charge in [-0.1, -0.05) is 0 Å². The second-order valence-corrected chi connectivity index (χ2v) is 5.62. The van der Waals surface area contributed by atoms with Gasteiger partial charge in [0.2, 0.25) is 5.91 Å². The van der Waals surface area contributed by atoms with Crippen molar-refractivity contribution in [2.24, 2.45) is 7.05 Å². The molecule has 128 valence electrons. The number of non-ortho nitro benzene ring substituents is 1. The van der Waals surface area contributed by atoms with Crippen LogP contribution in [0.2, 0.25) is 0 Å². The minimum absolute atomic E-state index is 0.0367. The number of amides is 1. The third kappa shape index (κ3) is 3.96. The van der Waals surface area contributed by atoms with Crippen LogP contribution < -0.4 is 5.32 Å². The van der Waals surface area contributed by atoms with E-state index < -0.39 is 11.0 Å². The van der Waals surface area contributed by atoms with E-state index in [1.54, 1.807) is 4.68 Å². The lowest BCUT2D eigenvalue weighted by molar-refractivity contribution is -0.384. The molecule has 0 fully saturated rings. The molecule has 1 atom stereocenters. The van der Waals surface area contributed by atoms with E-state index in [0.717, 1.165) is 17.0 Å². The lowest BCUT2D eigenvalue weighted by Gasteiger charge is -2.12. The van der Waals surface area contributed by atoms with Gasteiger partial charge in [-0.25, -0.2) is 0 Å². The number of benzene rings is 1. The fourth-order valence-electron chi connectivity index (χ4n) is 2.44. The lowest BCUT2D eigenvalue weighted by Crippen LogP contribution is -2.30. The number of hydrogen-bond donors (Lipinski definition) is 2. The number of aryl methyl sites for hydroxylation is 2. The normalized spacial score (nSPS) is 12.0. The van der Waals surface area contributed by atoms with Crippen molar-refractivity contribution in [1.82, 2.24) is 15.1 Å². The molecule has 0 saturated carbocycles. The molecule has 8 nitrogen and oxygen atoms in total. The van der Waals surface area contributed by atoms with Gasteiger partial charge in [0.05, 0.1) is 23.1 Å². The van der Waals surface area contributed by atoms with Gasteiger partial charge in [-0.05, 0) is 31.5 Å². The Hall–Kier alpha value is -2.74. The molecule has 0 aliphatic rings. The molecule has 0 bridgehead atoms. The largest absolute Gasteiger partial charge is 0.387 e. The number of aliphatic hydroxyl groups excluding tert-OH is 1. The first-order chi connectivity index (χ1) is 11.3. The van der Waals surface area contributed by atoms with E-state index in [9.17, 15) is 20.0 Å². The van der Waals surface area contributed by atoms with Crippen LogP contribution in [0, 0.1) is 24.0 Å². The Kier molecular flexibility index (Phi) is 5.30. The fraction of sp³-hybridized carbons (Fsp3) is 0.375. The van der Waals surface area contributed by atoms with Crippen LogP contribution >= 0.6 is 0 Å². The highest BCUT2D eigenvalue weighted by atomic mass is 16.6. The first kappa shape index (κ1) is 17.6. The molecule has 0 spiro atoms. The Morgan fingerprint density at radius 1 is 1.38 bits per heavy atom. The quantitative estimate of drug-likeness (QED) is 0.612. The van der Waals surface area contributed by atoms with Crippen LogP contribution in [0.3, 0.4) is 0 Å².